The molecule has 0 nitrogen and oxygen atoms in total. The number of benzene rings is 3. The Morgan fingerprint density at radius 2 is 0.800 bits per heavy atom. The first-order chi connectivity index (χ1) is 9.72. The van der Waals surface area contributed by atoms with Crippen molar-refractivity contribution in [1.82, 2.24) is 0 Å². The van der Waals surface area contributed by atoms with Crippen LogP contribution in [0.1, 0.15) is 5.56 Å². The molecule has 0 saturated heterocycles. The molecule has 0 atom stereocenters. The number of halogens is 1. The predicted molar refractivity (Wildman–Crippen MR) is 82.0 cm³/mol. The molecule has 3 rings (SSSR count). The lowest BCUT2D eigenvalue weighted by atomic mass is 10.00. The second kappa shape index (κ2) is 5.30. The number of hydrogen-bond acceptors (Lipinski definition) is 0. The van der Waals surface area contributed by atoms with E-state index in [4.69, 9.17) is 0 Å². The molecule has 0 spiro atoms. The molecule has 0 bridgehead atoms. The van der Waals surface area contributed by atoms with Crippen LogP contribution in [0.15, 0.2) is 72.8 Å². The second-order valence-electron chi connectivity index (χ2n) is 4.95. The standard InChI is InChI=1S/C19H15F/c1-14-2-4-15(5-3-14)16-6-8-17(9-7-16)18-10-12-19(20)13-11-18/h2-13H,1H3. The molecule has 0 aliphatic rings. The van der Waals surface area contributed by atoms with Gasteiger partial charge < -0.3 is 0 Å². The third kappa shape index (κ3) is 2.62. The molecule has 0 N–H and O–H groups in total. The molecule has 20 heavy (non-hydrogen) atoms. The fourth-order valence-corrected chi connectivity index (χ4v) is 2.24. The van der Waals surface area contributed by atoms with E-state index >= 15 is 0 Å². The van der Waals surface area contributed by atoms with Crippen LogP contribution < -0.4 is 0 Å². The van der Waals surface area contributed by atoms with Crippen LogP contribution in [-0.2, 0) is 0 Å². The van der Waals surface area contributed by atoms with Gasteiger partial charge in [0.1, 0.15) is 5.82 Å². The van der Waals surface area contributed by atoms with Crippen molar-refractivity contribution in [2.75, 3.05) is 0 Å². The molecule has 0 radical (unpaired) electrons. The van der Waals surface area contributed by atoms with E-state index in [0.29, 0.717) is 0 Å². The van der Waals surface area contributed by atoms with Crippen molar-refractivity contribution in [3.8, 4) is 22.3 Å². The van der Waals surface area contributed by atoms with Gasteiger partial charge in [0.15, 0.2) is 0 Å². The Morgan fingerprint density at radius 1 is 0.500 bits per heavy atom. The van der Waals surface area contributed by atoms with Crippen molar-refractivity contribution in [2.24, 2.45) is 0 Å². The largest absolute Gasteiger partial charge is 0.207 e. The monoisotopic (exact) mass is 262 g/mol. The summed E-state index contributed by atoms with van der Waals surface area (Å²) in [4.78, 5) is 0. The molecule has 0 aliphatic carbocycles. The molecule has 0 amide bonds. The first kappa shape index (κ1) is 12.6. The van der Waals surface area contributed by atoms with Crippen molar-refractivity contribution in [1.29, 1.82) is 0 Å². The fourth-order valence-electron chi connectivity index (χ4n) is 2.24. The second-order valence-corrected chi connectivity index (χ2v) is 4.95. The van der Waals surface area contributed by atoms with Crippen LogP contribution in [0, 0.1) is 12.7 Å². The first-order valence-electron chi connectivity index (χ1n) is 6.65. The summed E-state index contributed by atoms with van der Waals surface area (Å²) in [6, 6.07) is 23.4. The van der Waals surface area contributed by atoms with E-state index in [0.717, 1.165) is 11.1 Å². The molecule has 1 heteroatoms. The van der Waals surface area contributed by atoms with Crippen molar-refractivity contribution in [2.45, 2.75) is 6.92 Å². The first-order valence-corrected chi connectivity index (χ1v) is 6.65. The van der Waals surface area contributed by atoms with Gasteiger partial charge in [-0.15, -0.1) is 0 Å². The molecule has 0 aliphatic heterocycles. The van der Waals surface area contributed by atoms with Crippen LogP contribution in [0.4, 0.5) is 4.39 Å². The van der Waals surface area contributed by atoms with Crippen molar-refractivity contribution in [3.05, 3.63) is 84.2 Å². The van der Waals surface area contributed by atoms with E-state index in [9.17, 15) is 4.39 Å². The lowest BCUT2D eigenvalue weighted by Gasteiger charge is -2.05. The summed E-state index contributed by atoms with van der Waals surface area (Å²) >= 11 is 0. The molecule has 3 aromatic carbocycles. The van der Waals surface area contributed by atoms with Crippen molar-refractivity contribution >= 4 is 0 Å². The van der Waals surface area contributed by atoms with Gasteiger partial charge in [-0.25, -0.2) is 4.39 Å². The lowest BCUT2D eigenvalue weighted by Crippen LogP contribution is -1.81. The summed E-state index contributed by atoms with van der Waals surface area (Å²) < 4.78 is 12.9. The highest BCUT2D eigenvalue weighted by atomic mass is 19.1. The number of aryl methyl sites for hydroxylation is 1. The number of hydrogen-bond donors (Lipinski definition) is 0. The van der Waals surface area contributed by atoms with Gasteiger partial charge in [-0.05, 0) is 41.3 Å². The zero-order chi connectivity index (χ0) is 13.9. The quantitative estimate of drug-likeness (QED) is 0.574. The zero-order valence-corrected chi connectivity index (χ0v) is 11.3. The minimum Gasteiger partial charge on any atom is -0.207 e. The highest BCUT2D eigenvalue weighted by molar-refractivity contribution is 5.70. The van der Waals surface area contributed by atoms with Crippen molar-refractivity contribution < 1.29 is 4.39 Å². The average Bonchev–Trinajstić information content (AvgIpc) is 2.49. The van der Waals surface area contributed by atoms with Gasteiger partial charge in [0.2, 0.25) is 0 Å². The van der Waals surface area contributed by atoms with Gasteiger partial charge in [-0.3, -0.25) is 0 Å². The van der Waals surface area contributed by atoms with E-state index in [1.807, 2.05) is 0 Å². The third-order valence-corrected chi connectivity index (χ3v) is 3.45. The summed E-state index contributed by atoms with van der Waals surface area (Å²) in [7, 11) is 0. The summed E-state index contributed by atoms with van der Waals surface area (Å²) in [5, 5.41) is 0. The van der Waals surface area contributed by atoms with E-state index in [-0.39, 0.29) is 5.82 Å². The maximum atomic E-state index is 12.9. The van der Waals surface area contributed by atoms with Gasteiger partial charge in [0.25, 0.3) is 0 Å². The van der Waals surface area contributed by atoms with Gasteiger partial charge >= 0.3 is 0 Å². The molecule has 0 heterocycles. The maximum Gasteiger partial charge on any atom is 0.123 e. The summed E-state index contributed by atoms with van der Waals surface area (Å²) in [6.45, 7) is 2.08. The molecule has 0 fully saturated rings. The molecule has 3 aromatic rings. The highest BCUT2D eigenvalue weighted by Crippen LogP contribution is 2.25. The van der Waals surface area contributed by atoms with Crippen LogP contribution in [0.2, 0.25) is 0 Å². The summed E-state index contributed by atoms with van der Waals surface area (Å²) in [5.41, 5.74) is 5.79. The van der Waals surface area contributed by atoms with Crippen LogP contribution in [0.3, 0.4) is 0 Å². The van der Waals surface area contributed by atoms with E-state index in [1.54, 1.807) is 12.1 Å². The topological polar surface area (TPSA) is 0 Å². The van der Waals surface area contributed by atoms with E-state index in [2.05, 4.69) is 55.5 Å². The molecule has 0 saturated carbocycles. The highest BCUT2D eigenvalue weighted by Gasteiger charge is 2.00. The van der Waals surface area contributed by atoms with E-state index < -0.39 is 0 Å². The molecular weight excluding hydrogens is 247 g/mol. The Balaban J connectivity index is 1.91. The Morgan fingerprint density at radius 3 is 1.20 bits per heavy atom. The SMILES string of the molecule is Cc1ccc(-c2ccc(-c3ccc(F)cc3)cc2)cc1. The van der Waals surface area contributed by atoms with Gasteiger partial charge in [0, 0.05) is 0 Å². The lowest BCUT2D eigenvalue weighted by molar-refractivity contribution is 0.628. The van der Waals surface area contributed by atoms with Crippen LogP contribution in [-0.4, -0.2) is 0 Å². The minimum absolute atomic E-state index is 0.204. The normalized spacial score (nSPS) is 10.5. The molecule has 0 aromatic heterocycles. The van der Waals surface area contributed by atoms with Crippen molar-refractivity contribution in [3.63, 3.8) is 0 Å². The van der Waals surface area contributed by atoms with Crippen LogP contribution in [0.25, 0.3) is 22.3 Å². The average molecular weight is 262 g/mol. The Kier molecular flexibility index (Phi) is 3.34. The van der Waals surface area contributed by atoms with E-state index in [1.165, 1.54) is 28.8 Å². The maximum absolute atomic E-state index is 12.9. The molecule has 98 valence electrons. The van der Waals surface area contributed by atoms with Gasteiger partial charge in [-0.1, -0.05) is 66.2 Å². The summed E-state index contributed by atoms with van der Waals surface area (Å²) in [5.74, 6) is -0.204. The fraction of sp³-hybridized carbons (Fsp3) is 0.0526. The Labute approximate surface area is 118 Å². The zero-order valence-electron chi connectivity index (χ0n) is 11.3. The smallest absolute Gasteiger partial charge is 0.123 e. The molecular formula is C19H15F. The Hall–Kier alpha value is -2.41. The number of rotatable bonds is 2. The predicted octanol–water partition coefficient (Wildman–Crippen LogP) is 5.47. The molecule has 0 unspecified atom stereocenters. The Bertz CT molecular complexity index is 628. The van der Waals surface area contributed by atoms with Crippen LogP contribution in [0.5, 0.6) is 0 Å². The van der Waals surface area contributed by atoms with Gasteiger partial charge in [-0.2, -0.15) is 0 Å². The minimum atomic E-state index is -0.204. The summed E-state index contributed by atoms with van der Waals surface area (Å²) in [6.07, 6.45) is 0. The van der Waals surface area contributed by atoms with Gasteiger partial charge in [0.05, 0.1) is 0 Å². The third-order valence-electron chi connectivity index (χ3n) is 3.45. The van der Waals surface area contributed by atoms with Crippen LogP contribution >= 0.6 is 0 Å².